The molecule has 3 heteroatoms. The third-order valence-electron chi connectivity index (χ3n) is 2.58. The second-order valence-electron chi connectivity index (χ2n) is 4.30. The normalized spacial score (nSPS) is 16.9. The zero-order valence-corrected chi connectivity index (χ0v) is 10.3. The van der Waals surface area contributed by atoms with Crippen molar-refractivity contribution in [3.05, 3.63) is 36.1 Å². The van der Waals surface area contributed by atoms with Gasteiger partial charge >= 0.3 is 0 Å². The van der Waals surface area contributed by atoms with E-state index in [1.54, 1.807) is 11.1 Å². The number of hydrogen-bond donors (Lipinski definition) is 1. The highest BCUT2D eigenvalue weighted by atomic mass is 16.2. The summed E-state index contributed by atoms with van der Waals surface area (Å²) < 4.78 is 0. The van der Waals surface area contributed by atoms with Gasteiger partial charge in [-0.2, -0.15) is 0 Å². The highest BCUT2D eigenvalue weighted by Crippen LogP contribution is 2.15. The smallest absolute Gasteiger partial charge is 0.243 e. The molecule has 3 nitrogen and oxygen atoms in total. The number of hydrogen-bond acceptors (Lipinski definition) is 2. The van der Waals surface area contributed by atoms with Gasteiger partial charge in [0, 0.05) is 12.5 Å². The monoisotopic (exact) mass is 220 g/mol. The first kappa shape index (κ1) is 12.6. The lowest BCUT2D eigenvalue weighted by Crippen LogP contribution is -2.47. The molecule has 0 fully saturated rings. The molecule has 0 spiro atoms. The molecule has 0 aromatic rings. The molecule has 1 amide bonds. The number of hydrazine groups is 1. The van der Waals surface area contributed by atoms with Gasteiger partial charge in [0.25, 0.3) is 0 Å². The number of carbonyl (C=O) groups excluding carboxylic acids is 1. The van der Waals surface area contributed by atoms with Crippen LogP contribution in [-0.4, -0.2) is 17.5 Å². The molecule has 0 bridgehead atoms. The van der Waals surface area contributed by atoms with Crippen LogP contribution in [0.15, 0.2) is 36.1 Å². The Hall–Kier alpha value is -1.51. The van der Waals surface area contributed by atoms with E-state index in [1.807, 2.05) is 26.0 Å². The Labute approximate surface area is 97.5 Å². The van der Waals surface area contributed by atoms with E-state index < -0.39 is 0 Å². The molecular weight excluding hydrogens is 200 g/mol. The van der Waals surface area contributed by atoms with Gasteiger partial charge in [-0.1, -0.05) is 32.6 Å². The van der Waals surface area contributed by atoms with Gasteiger partial charge in [-0.3, -0.25) is 15.2 Å². The SMILES string of the molecule is C=C/C=C\C1=C(C)CCN(C(=O)C(C)C)N1. The van der Waals surface area contributed by atoms with Crippen LogP contribution in [0.1, 0.15) is 27.2 Å². The standard InChI is InChI=1S/C13H20N2O/c1-5-6-7-12-11(4)8-9-15(14-12)13(16)10(2)3/h5-7,10,14H,1,8-9H2,2-4H3/b7-6-. The van der Waals surface area contributed by atoms with Crippen molar-refractivity contribution in [1.29, 1.82) is 0 Å². The first-order chi connectivity index (χ1) is 7.56. The van der Waals surface area contributed by atoms with E-state index in [-0.39, 0.29) is 11.8 Å². The third kappa shape index (κ3) is 2.99. The average Bonchev–Trinajstić information content (AvgIpc) is 2.27. The summed E-state index contributed by atoms with van der Waals surface area (Å²) >= 11 is 0. The molecule has 1 aliphatic rings. The molecule has 0 atom stereocenters. The van der Waals surface area contributed by atoms with Crippen molar-refractivity contribution in [3.63, 3.8) is 0 Å². The van der Waals surface area contributed by atoms with Crippen molar-refractivity contribution >= 4 is 5.91 Å². The predicted octanol–water partition coefficient (Wildman–Crippen LogP) is 2.40. The van der Waals surface area contributed by atoms with Crippen LogP contribution in [-0.2, 0) is 4.79 Å². The molecule has 1 rings (SSSR count). The van der Waals surface area contributed by atoms with E-state index >= 15 is 0 Å². The molecule has 0 aliphatic carbocycles. The van der Waals surface area contributed by atoms with Crippen LogP contribution >= 0.6 is 0 Å². The van der Waals surface area contributed by atoms with Crippen molar-refractivity contribution in [2.24, 2.45) is 5.92 Å². The quantitative estimate of drug-likeness (QED) is 0.741. The third-order valence-corrected chi connectivity index (χ3v) is 2.58. The van der Waals surface area contributed by atoms with Gasteiger partial charge in [-0.15, -0.1) is 0 Å². The Kier molecular flexibility index (Phi) is 4.35. The Bertz CT molecular complexity index is 340. The summed E-state index contributed by atoms with van der Waals surface area (Å²) in [4.78, 5) is 11.8. The summed E-state index contributed by atoms with van der Waals surface area (Å²) in [5.74, 6) is 0.160. The Balaban J connectivity index is 2.76. The number of rotatable bonds is 3. The molecule has 0 aromatic heterocycles. The molecule has 0 saturated carbocycles. The maximum atomic E-state index is 11.8. The molecule has 0 saturated heterocycles. The minimum absolute atomic E-state index is 0.0236. The summed E-state index contributed by atoms with van der Waals surface area (Å²) in [6.45, 7) is 10.3. The number of amides is 1. The summed E-state index contributed by atoms with van der Waals surface area (Å²) in [5, 5.41) is 1.69. The predicted molar refractivity (Wildman–Crippen MR) is 66.3 cm³/mol. The van der Waals surface area contributed by atoms with E-state index in [2.05, 4.69) is 18.9 Å². The van der Waals surface area contributed by atoms with Gasteiger partial charge in [0.15, 0.2) is 0 Å². The zero-order valence-electron chi connectivity index (χ0n) is 10.3. The Morgan fingerprint density at radius 1 is 1.56 bits per heavy atom. The average molecular weight is 220 g/mol. The Morgan fingerprint density at radius 3 is 2.81 bits per heavy atom. The van der Waals surface area contributed by atoms with Gasteiger partial charge in [0.05, 0.1) is 5.70 Å². The maximum Gasteiger partial charge on any atom is 0.243 e. The molecule has 1 N–H and O–H groups in total. The van der Waals surface area contributed by atoms with Gasteiger partial charge in [0.2, 0.25) is 5.91 Å². The van der Waals surface area contributed by atoms with Crippen molar-refractivity contribution < 1.29 is 4.79 Å². The maximum absolute atomic E-state index is 11.8. The fraction of sp³-hybridized carbons (Fsp3) is 0.462. The molecule has 88 valence electrons. The van der Waals surface area contributed by atoms with Gasteiger partial charge < -0.3 is 0 Å². The first-order valence-electron chi connectivity index (χ1n) is 5.63. The summed E-state index contributed by atoms with van der Waals surface area (Å²) in [5.41, 5.74) is 5.42. The highest BCUT2D eigenvalue weighted by Gasteiger charge is 2.21. The molecule has 0 radical (unpaired) electrons. The fourth-order valence-corrected chi connectivity index (χ4v) is 1.53. The lowest BCUT2D eigenvalue weighted by Gasteiger charge is -2.31. The summed E-state index contributed by atoms with van der Waals surface area (Å²) in [6, 6.07) is 0. The first-order valence-corrected chi connectivity index (χ1v) is 5.63. The van der Waals surface area contributed by atoms with Gasteiger partial charge in [-0.25, -0.2) is 0 Å². The van der Waals surface area contributed by atoms with Crippen LogP contribution in [0.2, 0.25) is 0 Å². The van der Waals surface area contributed by atoms with Crippen LogP contribution in [0.5, 0.6) is 0 Å². The summed E-state index contributed by atoms with van der Waals surface area (Å²) in [6.07, 6.45) is 6.46. The second-order valence-corrected chi connectivity index (χ2v) is 4.30. The second kappa shape index (κ2) is 5.54. The van der Waals surface area contributed by atoms with Crippen molar-refractivity contribution in [2.75, 3.05) is 6.54 Å². The number of nitrogens with zero attached hydrogens (tertiary/aromatic N) is 1. The molecule has 0 unspecified atom stereocenters. The van der Waals surface area contributed by atoms with Crippen LogP contribution in [0.25, 0.3) is 0 Å². The molecule has 1 heterocycles. The highest BCUT2D eigenvalue weighted by molar-refractivity contribution is 5.78. The van der Waals surface area contributed by atoms with E-state index in [9.17, 15) is 4.79 Å². The molecular formula is C13H20N2O. The van der Waals surface area contributed by atoms with Gasteiger partial charge in [-0.05, 0) is 25.0 Å². The fourth-order valence-electron chi connectivity index (χ4n) is 1.53. The Morgan fingerprint density at radius 2 is 2.25 bits per heavy atom. The number of nitrogens with one attached hydrogen (secondary N) is 1. The van der Waals surface area contributed by atoms with Gasteiger partial charge in [0.1, 0.15) is 0 Å². The molecule has 1 aliphatic heterocycles. The van der Waals surface area contributed by atoms with Crippen molar-refractivity contribution in [3.8, 4) is 0 Å². The van der Waals surface area contributed by atoms with Crippen LogP contribution in [0.4, 0.5) is 0 Å². The topological polar surface area (TPSA) is 32.3 Å². The number of allylic oxidation sites excluding steroid dienone is 3. The van der Waals surface area contributed by atoms with E-state index in [4.69, 9.17) is 0 Å². The van der Waals surface area contributed by atoms with E-state index in [1.165, 1.54) is 5.57 Å². The largest absolute Gasteiger partial charge is 0.296 e. The van der Waals surface area contributed by atoms with Crippen molar-refractivity contribution in [2.45, 2.75) is 27.2 Å². The van der Waals surface area contributed by atoms with Crippen molar-refractivity contribution in [1.82, 2.24) is 10.4 Å². The van der Waals surface area contributed by atoms with Crippen LogP contribution in [0.3, 0.4) is 0 Å². The summed E-state index contributed by atoms with van der Waals surface area (Å²) in [7, 11) is 0. The zero-order chi connectivity index (χ0) is 12.1. The lowest BCUT2D eigenvalue weighted by molar-refractivity contribution is -0.137. The van der Waals surface area contributed by atoms with Crippen LogP contribution in [0, 0.1) is 5.92 Å². The lowest BCUT2D eigenvalue weighted by atomic mass is 10.1. The molecule has 16 heavy (non-hydrogen) atoms. The molecule has 0 aromatic carbocycles. The van der Waals surface area contributed by atoms with E-state index in [0.717, 1.165) is 18.7 Å². The number of carbonyl (C=O) groups is 1. The minimum atomic E-state index is 0.0236. The van der Waals surface area contributed by atoms with Crippen LogP contribution < -0.4 is 5.43 Å². The van der Waals surface area contributed by atoms with E-state index in [0.29, 0.717) is 0 Å². The minimum Gasteiger partial charge on any atom is -0.296 e.